The van der Waals surface area contributed by atoms with E-state index in [0.29, 0.717) is 13.1 Å². The van der Waals surface area contributed by atoms with E-state index in [1.54, 1.807) is 0 Å². The van der Waals surface area contributed by atoms with E-state index in [1.807, 2.05) is 0 Å². The molecule has 6 nitrogen and oxygen atoms in total. The Labute approximate surface area is 192 Å². The molecule has 1 aliphatic rings. The highest BCUT2D eigenvalue weighted by molar-refractivity contribution is 5.92. The summed E-state index contributed by atoms with van der Waals surface area (Å²) in [6.45, 7) is 7.52. The molecule has 0 bridgehead atoms. The second kappa shape index (κ2) is 14.7. The maximum Gasteiger partial charge on any atom is 0.282 e. The minimum Gasteiger partial charge on any atom is -0.337 e. The lowest BCUT2D eigenvalue weighted by atomic mass is 10.1. The first-order valence-corrected chi connectivity index (χ1v) is 10.5. The van der Waals surface area contributed by atoms with E-state index in [-0.39, 0.29) is 19.6 Å². The van der Waals surface area contributed by atoms with Gasteiger partial charge in [-0.2, -0.15) is 0 Å². The predicted molar refractivity (Wildman–Crippen MR) is 122 cm³/mol. The van der Waals surface area contributed by atoms with Gasteiger partial charge in [-0.3, -0.25) is 14.4 Å². The van der Waals surface area contributed by atoms with E-state index in [0.717, 1.165) is 41.2 Å². The van der Waals surface area contributed by atoms with Gasteiger partial charge in [0.25, 0.3) is 17.7 Å². The number of piperidine rings is 1. The first-order chi connectivity index (χ1) is 15.7. The van der Waals surface area contributed by atoms with Gasteiger partial charge < -0.3 is 14.7 Å². The minimum absolute atomic E-state index is 0.00822. The summed E-state index contributed by atoms with van der Waals surface area (Å²) < 4.78 is 41.0. The van der Waals surface area contributed by atoms with Crippen molar-refractivity contribution in [2.24, 2.45) is 0 Å². The number of rotatable bonds is 11. The van der Waals surface area contributed by atoms with E-state index < -0.39 is 35.2 Å². The molecule has 0 saturated carbocycles. The molecule has 0 atom stereocenters. The lowest BCUT2D eigenvalue weighted by Gasteiger charge is -2.25. The number of carbonyl (C=O) groups is 3. The fourth-order valence-electron chi connectivity index (χ4n) is 2.94. The van der Waals surface area contributed by atoms with Crippen molar-refractivity contribution in [3.63, 3.8) is 0 Å². The van der Waals surface area contributed by atoms with E-state index >= 15 is 0 Å². The maximum absolute atomic E-state index is 14.1. The number of halogens is 3. The SMILES string of the molecule is C=CCN(C/C=C/C=C(\F)C(=O)N(C)C/C=C/C=C(\F)C(=O)N1CCCCC1)C(=O)C(=C)F. The van der Waals surface area contributed by atoms with Crippen LogP contribution in [0.3, 0.4) is 0 Å². The lowest BCUT2D eigenvalue weighted by molar-refractivity contribution is -0.129. The normalized spacial score (nSPS) is 15.1. The Morgan fingerprint density at radius 3 is 2.03 bits per heavy atom. The van der Waals surface area contributed by atoms with Crippen LogP contribution in [0.1, 0.15) is 19.3 Å². The number of nitrogens with zero attached hydrogens (tertiary/aromatic N) is 3. The third-order valence-electron chi connectivity index (χ3n) is 4.73. The van der Waals surface area contributed by atoms with Crippen LogP contribution in [0.25, 0.3) is 0 Å². The topological polar surface area (TPSA) is 60.9 Å². The number of allylic oxidation sites excluding steroid dienone is 4. The zero-order valence-electron chi connectivity index (χ0n) is 18.8. The predicted octanol–water partition coefficient (Wildman–Crippen LogP) is 3.77. The van der Waals surface area contributed by atoms with Crippen LogP contribution >= 0.6 is 0 Å². The van der Waals surface area contributed by atoms with E-state index in [1.165, 1.54) is 42.3 Å². The van der Waals surface area contributed by atoms with Crippen molar-refractivity contribution in [3.8, 4) is 0 Å². The van der Waals surface area contributed by atoms with Crippen molar-refractivity contribution in [1.29, 1.82) is 0 Å². The molecule has 0 spiro atoms. The van der Waals surface area contributed by atoms with Gasteiger partial charge in [0.05, 0.1) is 0 Å². The average molecular weight is 466 g/mol. The van der Waals surface area contributed by atoms with Crippen LogP contribution in [0.2, 0.25) is 0 Å². The van der Waals surface area contributed by atoms with Crippen LogP contribution in [0.15, 0.2) is 73.2 Å². The van der Waals surface area contributed by atoms with Crippen molar-refractivity contribution in [2.45, 2.75) is 19.3 Å². The number of likely N-dealkylation sites (N-methyl/N-ethyl adjacent to an activating group) is 1. The molecule has 1 rings (SSSR count). The fourth-order valence-corrected chi connectivity index (χ4v) is 2.94. The second-order valence-electron chi connectivity index (χ2n) is 7.33. The van der Waals surface area contributed by atoms with Gasteiger partial charge in [-0.1, -0.05) is 37.0 Å². The van der Waals surface area contributed by atoms with Gasteiger partial charge >= 0.3 is 0 Å². The molecular weight excluding hydrogens is 435 g/mol. The molecule has 9 heteroatoms. The molecule has 3 amide bonds. The summed E-state index contributed by atoms with van der Waals surface area (Å²) in [6, 6.07) is 0. The molecule has 1 saturated heterocycles. The lowest BCUT2D eigenvalue weighted by Crippen LogP contribution is -2.35. The highest BCUT2D eigenvalue weighted by Gasteiger charge is 2.19. The van der Waals surface area contributed by atoms with Crippen LogP contribution in [-0.2, 0) is 14.4 Å². The highest BCUT2D eigenvalue weighted by atomic mass is 19.1. The molecule has 0 aliphatic carbocycles. The fraction of sp³-hybridized carbons (Fsp3) is 0.375. The quantitative estimate of drug-likeness (QED) is 0.265. The summed E-state index contributed by atoms with van der Waals surface area (Å²) in [5, 5.41) is 0. The maximum atomic E-state index is 14.1. The molecule has 0 unspecified atom stereocenters. The first kappa shape index (κ1) is 27.7. The Bertz CT molecular complexity index is 856. The molecule has 1 heterocycles. The smallest absolute Gasteiger partial charge is 0.282 e. The van der Waals surface area contributed by atoms with Crippen molar-refractivity contribution in [3.05, 3.63) is 73.2 Å². The zero-order chi connectivity index (χ0) is 24.8. The van der Waals surface area contributed by atoms with E-state index in [4.69, 9.17) is 0 Å². The van der Waals surface area contributed by atoms with E-state index in [2.05, 4.69) is 13.2 Å². The zero-order valence-corrected chi connectivity index (χ0v) is 18.8. The van der Waals surface area contributed by atoms with Crippen LogP contribution in [0.4, 0.5) is 13.2 Å². The third-order valence-corrected chi connectivity index (χ3v) is 4.73. The molecule has 0 radical (unpaired) electrons. The van der Waals surface area contributed by atoms with Crippen LogP contribution in [0.5, 0.6) is 0 Å². The Balaban J connectivity index is 2.56. The van der Waals surface area contributed by atoms with Crippen LogP contribution in [0, 0.1) is 0 Å². The number of amides is 3. The molecule has 33 heavy (non-hydrogen) atoms. The summed E-state index contributed by atoms with van der Waals surface area (Å²) in [5.74, 6) is -5.54. The molecule has 0 aromatic heterocycles. The molecule has 1 fully saturated rings. The van der Waals surface area contributed by atoms with Gasteiger partial charge in [0.2, 0.25) is 0 Å². The number of hydrogen-bond acceptors (Lipinski definition) is 3. The summed E-state index contributed by atoms with van der Waals surface area (Å²) in [6.07, 6.45) is 11.4. The molecule has 0 aromatic carbocycles. The summed E-state index contributed by atoms with van der Waals surface area (Å²) in [7, 11) is 1.36. The molecule has 180 valence electrons. The number of likely N-dealkylation sites (tertiary alicyclic amines) is 1. The Morgan fingerprint density at radius 2 is 1.45 bits per heavy atom. The van der Waals surface area contributed by atoms with Gasteiger partial charge in [-0.25, -0.2) is 13.2 Å². The average Bonchev–Trinajstić information content (AvgIpc) is 2.82. The van der Waals surface area contributed by atoms with Crippen LogP contribution < -0.4 is 0 Å². The second-order valence-corrected chi connectivity index (χ2v) is 7.33. The Hall–Kier alpha value is -3.36. The number of hydrogen-bond donors (Lipinski definition) is 0. The van der Waals surface area contributed by atoms with Crippen molar-refractivity contribution in [2.75, 3.05) is 39.8 Å². The van der Waals surface area contributed by atoms with Crippen LogP contribution in [-0.4, -0.2) is 72.2 Å². The van der Waals surface area contributed by atoms with E-state index in [9.17, 15) is 27.6 Å². The summed E-state index contributed by atoms with van der Waals surface area (Å²) in [5.41, 5.74) is 0. The molecule has 1 aliphatic heterocycles. The standard InChI is InChI=1S/C24H30F3N3O3/c1-4-14-29(22(31)19(2)25)18-11-7-12-20(26)23(32)28(3)15-10-6-13-21(27)24(33)30-16-8-5-9-17-30/h4,6-7,10-13H,1-2,5,8-9,14-18H2,3H3/b10-6+,11-7+,20-12-,21-13-. The minimum atomic E-state index is -1.12. The van der Waals surface area contributed by atoms with Gasteiger partial charge in [0, 0.05) is 39.8 Å². The molecular formula is C24H30F3N3O3. The molecule has 0 N–H and O–H groups in total. The number of carbonyl (C=O) groups excluding carboxylic acids is 3. The van der Waals surface area contributed by atoms with Crippen molar-refractivity contribution in [1.82, 2.24) is 14.7 Å². The van der Waals surface area contributed by atoms with Gasteiger partial charge in [0.1, 0.15) is 0 Å². The van der Waals surface area contributed by atoms with Crippen molar-refractivity contribution < 1.29 is 27.6 Å². The monoisotopic (exact) mass is 465 g/mol. The summed E-state index contributed by atoms with van der Waals surface area (Å²) >= 11 is 0. The third kappa shape index (κ3) is 9.76. The Kier molecular flexibility index (Phi) is 12.3. The van der Waals surface area contributed by atoms with Gasteiger partial charge in [-0.15, -0.1) is 6.58 Å². The van der Waals surface area contributed by atoms with Crippen molar-refractivity contribution >= 4 is 17.7 Å². The largest absolute Gasteiger partial charge is 0.337 e. The molecule has 0 aromatic rings. The van der Waals surface area contributed by atoms with Gasteiger partial charge in [0.15, 0.2) is 17.5 Å². The highest BCUT2D eigenvalue weighted by Crippen LogP contribution is 2.13. The van der Waals surface area contributed by atoms with Gasteiger partial charge in [-0.05, 0) is 31.4 Å². The Morgan fingerprint density at radius 1 is 0.879 bits per heavy atom. The first-order valence-electron chi connectivity index (χ1n) is 10.5. The summed E-state index contributed by atoms with van der Waals surface area (Å²) in [4.78, 5) is 39.2.